The van der Waals surface area contributed by atoms with Gasteiger partial charge in [-0.3, -0.25) is 10.00 Å². The van der Waals surface area contributed by atoms with Crippen molar-refractivity contribution in [1.82, 2.24) is 9.78 Å². The summed E-state index contributed by atoms with van der Waals surface area (Å²) in [4.78, 5) is 11.5. The number of hydrogen-bond acceptors (Lipinski definition) is 3. The zero-order chi connectivity index (χ0) is 16.6. The Labute approximate surface area is 117 Å². The number of anilines is 1. The molecule has 0 atom stereocenters. The van der Waals surface area contributed by atoms with Crippen LogP contribution in [0, 0.1) is 0 Å². The second kappa shape index (κ2) is 5.15. The van der Waals surface area contributed by atoms with E-state index < -0.39 is 35.2 Å². The predicted molar refractivity (Wildman–Crippen MR) is 63.0 cm³/mol. The van der Waals surface area contributed by atoms with E-state index in [2.05, 4.69) is 5.10 Å². The van der Waals surface area contributed by atoms with Gasteiger partial charge in [0.2, 0.25) is 0 Å². The van der Waals surface area contributed by atoms with Crippen molar-refractivity contribution >= 4 is 11.8 Å². The number of aryl methyl sites for hydroxylation is 1. The maximum atomic E-state index is 13.3. The van der Waals surface area contributed by atoms with Crippen LogP contribution in [-0.2, 0) is 17.7 Å². The molecule has 0 saturated heterocycles. The van der Waals surface area contributed by atoms with Crippen LogP contribution in [0.15, 0.2) is 6.20 Å². The summed E-state index contributed by atoms with van der Waals surface area (Å²) in [6, 6.07) is 0. The lowest BCUT2D eigenvalue weighted by atomic mass is 10.2. The largest absolute Gasteiger partial charge is 0.459 e. The number of carbonyl (C=O) groups is 1. The van der Waals surface area contributed by atoms with Crippen molar-refractivity contribution < 1.29 is 31.5 Å². The van der Waals surface area contributed by atoms with E-state index in [1.807, 2.05) is 5.32 Å². The fourth-order valence-corrected chi connectivity index (χ4v) is 1.36. The van der Waals surface area contributed by atoms with Crippen LogP contribution in [0.5, 0.6) is 0 Å². The van der Waals surface area contributed by atoms with Gasteiger partial charge in [-0.2, -0.15) is 27.1 Å². The highest BCUT2D eigenvalue weighted by Gasteiger charge is 2.61. The van der Waals surface area contributed by atoms with Gasteiger partial charge in [0.1, 0.15) is 5.60 Å². The van der Waals surface area contributed by atoms with Crippen LogP contribution in [0.1, 0.15) is 26.5 Å². The second-order valence-corrected chi connectivity index (χ2v) is 5.26. The van der Waals surface area contributed by atoms with Crippen LogP contribution >= 0.6 is 0 Å². The van der Waals surface area contributed by atoms with Gasteiger partial charge in [0.05, 0.1) is 5.69 Å². The second-order valence-electron chi connectivity index (χ2n) is 5.26. The number of nitrogens with zero attached hydrogens (tertiary/aromatic N) is 2. The Morgan fingerprint density at radius 3 is 2.19 bits per heavy atom. The summed E-state index contributed by atoms with van der Waals surface area (Å²) in [5.74, 6) is -5.20. The SMILES string of the molecule is Cn1cc(NC(=O)OC(C)(C)C)c(C(F)(F)C(F)(F)F)n1. The van der Waals surface area contributed by atoms with Gasteiger partial charge in [-0.15, -0.1) is 0 Å². The quantitative estimate of drug-likeness (QED) is 0.851. The summed E-state index contributed by atoms with van der Waals surface area (Å²) in [5.41, 5.74) is -3.30. The van der Waals surface area contributed by atoms with Crippen LogP contribution in [-0.4, -0.2) is 27.7 Å². The molecule has 1 amide bonds. The molecule has 0 aromatic carbocycles. The zero-order valence-electron chi connectivity index (χ0n) is 11.7. The summed E-state index contributed by atoms with van der Waals surface area (Å²) >= 11 is 0. The molecule has 1 rings (SSSR count). The molecule has 5 nitrogen and oxygen atoms in total. The first-order valence-corrected chi connectivity index (χ1v) is 5.72. The van der Waals surface area contributed by atoms with Gasteiger partial charge in [0.25, 0.3) is 0 Å². The minimum absolute atomic E-state index is 0.738. The molecule has 0 spiro atoms. The molecule has 21 heavy (non-hydrogen) atoms. The van der Waals surface area contributed by atoms with Gasteiger partial charge in [0, 0.05) is 13.2 Å². The maximum absolute atomic E-state index is 13.3. The normalized spacial score (nSPS) is 13.2. The van der Waals surface area contributed by atoms with Crippen LogP contribution in [0.4, 0.5) is 32.4 Å². The van der Waals surface area contributed by atoms with Gasteiger partial charge >= 0.3 is 18.2 Å². The van der Waals surface area contributed by atoms with Crippen LogP contribution in [0.3, 0.4) is 0 Å². The minimum Gasteiger partial charge on any atom is -0.444 e. The molecule has 0 aliphatic carbocycles. The molecule has 0 fully saturated rings. The fourth-order valence-electron chi connectivity index (χ4n) is 1.36. The Morgan fingerprint density at radius 1 is 1.24 bits per heavy atom. The van der Waals surface area contributed by atoms with Crippen molar-refractivity contribution in [2.45, 2.75) is 38.5 Å². The molecule has 0 radical (unpaired) electrons. The third-order valence-corrected chi connectivity index (χ3v) is 2.12. The van der Waals surface area contributed by atoms with Crippen LogP contribution < -0.4 is 5.32 Å². The van der Waals surface area contributed by atoms with Crippen molar-refractivity contribution in [3.8, 4) is 0 Å². The molecule has 1 aromatic heterocycles. The number of amides is 1. The lowest BCUT2D eigenvalue weighted by molar-refractivity contribution is -0.290. The Kier molecular flexibility index (Phi) is 4.22. The van der Waals surface area contributed by atoms with E-state index in [4.69, 9.17) is 4.74 Å². The molecule has 0 saturated carbocycles. The molecule has 10 heteroatoms. The number of alkyl halides is 5. The highest BCUT2D eigenvalue weighted by molar-refractivity contribution is 5.85. The van der Waals surface area contributed by atoms with E-state index in [-0.39, 0.29) is 0 Å². The topological polar surface area (TPSA) is 56.2 Å². The van der Waals surface area contributed by atoms with Gasteiger partial charge in [-0.1, -0.05) is 0 Å². The van der Waals surface area contributed by atoms with Gasteiger partial charge in [0.15, 0.2) is 5.69 Å². The smallest absolute Gasteiger partial charge is 0.444 e. The van der Waals surface area contributed by atoms with E-state index in [0.717, 1.165) is 17.9 Å². The predicted octanol–water partition coefficient (Wildman–Crippen LogP) is 3.42. The van der Waals surface area contributed by atoms with E-state index in [9.17, 15) is 26.7 Å². The first kappa shape index (κ1) is 17.2. The molecule has 1 N–H and O–H groups in total. The average molecular weight is 315 g/mol. The summed E-state index contributed by atoms with van der Waals surface area (Å²) in [5, 5.41) is 4.92. The highest BCUT2D eigenvalue weighted by atomic mass is 19.4. The number of aromatic nitrogens is 2. The fraction of sp³-hybridized carbons (Fsp3) is 0.636. The first-order chi connectivity index (χ1) is 9.24. The standard InChI is InChI=1S/C11H14F5N3O2/c1-9(2,3)21-8(20)17-6-5-19(4)18-7(6)10(12,13)11(14,15)16/h5H,1-4H3,(H,17,20). The van der Waals surface area contributed by atoms with Gasteiger partial charge in [-0.25, -0.2) is 4.79 Å². The van der Waals surface area contributed by atoms with E-state index in [1.54, 1.807) is 0 Å². The van der Waals surface area contributed by atoms with Crippen molar-refractivity contribution in [2.75, 3.05) is 5.32 Å². The monoisotopic (exact) mass is 315 g/mol. The lowest BCUT2D eigenvalue weighted by Gasteiger charge is -2.21. The van der Waals surface area contributed by atoms with Crippen LogP contribution in [0.25, 0.3) is 0 Å². The molecule has 0 unspecified atom stereocenters. The van der Waals surface area contributed by atoms with Crippen LogP contribution in [0.2, 0.25) is 0 Å². The van der Waals surface area contributed by atoms with E-state index in [0.29, 0.717) is 0 Å². The van der Waals surface area contributed by atoms with E-state index in [1.165, 1.54) is 20.8 Å². The van der Waals surface area contributed by atoms with Crippen molar-refractivity contribution in [3.63, 3.8) is 0 Å². The number of rotatable bonds is 2. The number of halogens is 5. The Hall–Kier alpha value is -1.87. The lowest BCUT2D eigenvalue weighted by Crippen LogP contribution is -2.35. The minimum atomic E-state index is -5.83. The molecular weight excluding hydrogens is 301 g/mol. The summed E-state index contributed by atoms with van der Waals surface area (Å²) < 4.78 is 69.3. The Balaban J connectivity index is 3.09. The summed E-state index contributed by atoms with van der Waals surface area (Å²) in [7, 11) is 1.15. The molecule has 120 valence electrons. The number of ether oxygens (including phenoxy) is 1. The average Bonchev–Trinajstić information content (AvgIpc) is 2.54. The Bertz CT molecular complexity index is 531. The molecule has 0 aliphatic rings. The number of carbonyl (C=O) groups excluding carboxylic acids is 1. The number of nitrogens with one attached hydrogen (secondary N) is 1. The first-order valence-electron chi connectivity index (χ1n) is 5.72. The molecule has 1 aromatic rings. The molecule has 0 aliphatic heterocycles. The van der Waals surface area contributed by atoms with Crippen molar-refractivity contribution in [3.05, 3.63) is 11.9 Å². The highest BCUT2D eigenvalue weighted by Crippen LogP contribution is 2.45. The van der Waals surface area contributed by atoms with Gasteiger partial charge < -0.3 is 4.74 Å². The number of hydrogen-bond donors (Lipinski definition) is 1. The van der Waals surface area contributed by atoms with Crippen molar-refractivity contribution in [1.29, 1.82) is 0 Å². The third-order valence-electron chi connectivity index (χ3n) is 2.12. The maximum Gasteiger partial charge on any atom is 0.459 e. The van der Waals surface area contributed by atoms with Gasteiger partial charge in [-0.05, 0) is 20.8 Å². The summed E-state index contributed by atoms with van der Waals surface area (Å²) in [6.07, 6.45) is -6.15. The molecule has 1 heterocycles. The molecular formula is C11H14F5N3O2. The third kappa shape index (κ3) is 4.05. The van der Waals surface area contributed by atoms with Crippen molar-refractivity contribution in [2.24, 2.45) is 7.05 Å². The molecule has 0 bridgehead atoms. The zero-order valence-corrected chi connectivity index (χ0v) is 11.7. The Morgan fingerprint density at radius 2 is 1.76 bits per heavy atom. The van der Waals surface area contributed by atoms with E-state index >= 15 is 0 Å². The summed E-state index contributed by atoms with van der Waals surface area (Å²) in [6.45, 7) is 4.54.